The van der Waals surface area contributed by atoms with E-state index in [0.717, 1.165) is 41.9 Å². The molecular formula is C49H66N2O12. The second kappa shape index (κ2) is 22.2. The summed E-state index contributed by atoms with van der Waals surface area (Å²) >= 11 is 0. The Bertz CT molecular complexity index is 1880. The van der Waals surface area contributed by atoms with Gasteiger partial charge in [0.15, 0.2) is 0 Å². The van der Waals surface area contributed by atoms with Crippen LogP contribution in [0.5, 0.6) is 11.5 Å². The smallest absolute Gasteiger partial charge is 0.328 e. The lowest BCUT2D eigenvalue weighted by Crippen LogP contribution is -2.58. The number of carbonyl (C=O) groups is 6. The summed E-state index contributed by atoms with van der Waals surface area (Å²) < 4.78 is 21.8. The summed E-state index contributed by atoms with van der Waals surface area (Å²) in [6.07, 6.45) is 9.27. The van der Waals surface area contributed by atoms with Gasteiger partial charge in [-0.05, 0) is 150 Å². The molecule has 2 aromatic carbocycles. The zero-order chi connectivity index (χ0) is 45.0. The Morgan fingerprint density at radius 2 is 1.06 bits per heavy atom. The lowest BCUT2D eigenvalue weighted by molar-refractivity contribution is -0.167. The third kappa shape index (κ3) is 12.1. The Labute approximate surface area is 370 Å². The minimum absolute atomic E-state index is 0.0286. The monoisotopic (exact) mass is 874 g/mol. The number of piperidine rings is 2. The Kier molecular flexibility index (Phi) is 16.8. The molecule has 4 fully saturated rings. The van der Waals surface area contributed by atoms with Crippen molar-refractivity contribution >= 4 is 35.3 Å². The second-order valence-electron chi connectivity index (χ2n) is 18.0. The van der Waals surface area contributed by atoms with Crippen LogP contribution in [0.15, 0.2) is 48.5 Å². The van der Waals surface area contributed by atoms with Crippen LogP contribution < -0.4 is 9.47 Å². The van der Waals surface area contributed by atoms with Crippen molar-refractivity contribution in [1.29, 1.82) is 0 Å². The summed E-state index contributed by atoms with van der Waals surface area (Å²) in [7, 11) is 3.22. The third-order valence-corrected chi connectivity index (χ3v) is 13.9. The molecule has 2 aromatic rings. The maximum absolute atomic E-state index is 13.8. The number of nitrogens with zero attached hydrogens (tertiary/aromatic N) is 2. The van der Waals surface area contributed by atoms with E-state index in [4.69, 9.17) is 18.9 Å². The maximum atomic E-state index is 13.8. The van der Waals surface area contributed by atoms with Crippen LogP contribution in [0, 0.1) is 11.8 Å². The Morgan fingerprint density at radius 3 is 1.63 bits per heavy atom. The van der Waals surface area contributed by atoms with E-state index in [1.54, 1.807) is 14.2 Å². The van der Waals surface area contributed by atoms with Crippen molar-refractivity contribution in [2.24, 2.45) is 11.8 Å². The summed E-state index contributed by atoms with van der Waals surface area (Å²) in [6.45, 7) is 0.641. The van der Waals surface area contributed by atoms with Gasteiger partial charge in [0.2, 0.25) is 0 Å². The lowest BCUT2D eigenvalue weighted by Gasteiger charge is -2.44. The number of aliphatic hydroxyl groups is 2. The SMILES string of the molecule is COc1ccc(CCCCOC(=O)C2CC(C3CCC(O)(C(=O)C(=O)N4CCCCC4C(=O)OCCCc4ccc(OC)cc4)CC3)CCN2C(=O)C(=O)C2(O)CCCCC2)cc1. The van der Waals surface area contributed by atoms with Crippen LogP contribution in [0.25, 0.3) is 0 Å². The molecule has 4 aliphatic rings. The third-order valence-electron chi connectivity index (χ3n) is 13.9. The molecule has 3 unspecified atom stereocenters. The number of aryl methyl sites for hydroxylation is 2. The first-order valence-corrected chi connectivity index (χ1v) is 23.1. The van der Waals surface area contributed by atoms with Gasteiger partial charge in [0.1, 0.15) is 34.8 Å². The van der Waals surface area contributed by atoms with E-state index in [0.29, 0.717) is 70.6 Å². The quantitative estimate of drug-likeness (QED) is 0.109. The van der Waals surface area contributed by atoms with Crippen molar-refractivity contribution in [2.45, 2.75) is 145 Å². The number of esters is 2. The van der Waals surface area contributed by atoms with E-state index in [-0.39, 0.29) is 70.2 Å². The number of methoxy groups -OCH3 is 2. The molecule has 2 aliphatic carbocycles. The van der Waals surface area contributed by atoms with Gasteiger partial charge in [0, 0.05) is 13.1 Å². The number of benzene rings is 2. The molecule has 63 heavy (non-hydrogen) atoms. The number of unbranched alkanes of at least 4 members (excludes halogenated alkanes) is 1. The average molecular weight is 875 g/mol. The number of ether oxygens (including phenoxy) is 4. The molecule has 2 saturated heterocycles. The highest BCUT2D eigenvalue weighted by Gasteiger charge is 2.50. The van der Waals surface area contributed by atoms with Gasteiger partial charge < -0.3 is 39.0 Å². The van der Waals surface area contributed by atoms with Crippen molar-refractivity contribution in [3.63, 3.8) is 0 Å². The van der Waals surface area contributed by atoms with Crippen LogP contribution in [0.2, 0.25) is 0 Å². The fourth-order valence-corrected chi connectivity index (χ4v) is 9.98. The molecule has 2 heterocycles. The topological polar surface area (TPSA) is 186 Å². The number of hydrogen-bond acceptors (Lipinski definition) is 12. The largest absolute Gasteiger partial charge is 0.497 e. The molecule has 2 saturated carbocycles. The molecule has 344 valence electrons. The number of hydrogen-bond donors (Lipinski definition) is 2. The molecular weight excluding hydrogens is 809 g/mol. The van der Waals surface area contributed by atoms with E-state index in [2.05, 4.69) is 0 Å². The summed E-state index contributed by atoms with van der Waals surface area (Å²) in [5.74, 6) is -3.28. The summed E-state index contributed by atoms with van der Waals surface area (Å²) in [5, 5.41) is 22.9. The molecule has 14 nitrogen and oxygen atoms in total. The van der Waals surface area contributed by atoms with Crippen molar-refractivity contribution in [3.8, 4) is 11.5 Å². The second-order valence-corrected chi connectivity index (χ2v) is 18.0. The van der Waals surface area contributed by atoms with Crippen LogP contribution in [0.4, 0.5) is 0 Å². The maximum Gasteiger partial charge on any atom is 0.328 e. The van der Waals surface area contributed by atoms with Crippen LogP contribution in [-0.2, 0) is 51.1 Å². The molecule has 14 heteroatoms. The van der Waals surface area contributed by atoms with Gasteiger partial charge in [-0.1, -0.05) is 43.5 Å². The highest BCUT2D eigenvalue weighted by atomic mass is 16.5. The van der Waals surface area contributed by atoms with Crippen molar-refractivity contribution in [3.05, 3.63) is 59.7 Å². The van der Waals surface area contributed by atoms with Gasteiger partial charge in [0.25, 0.3) is 23.4 Å². The number of carbonyl (C=O) groups excluding carboxylic acids is 6. The molecule has 0 radical (unpaired) electrons. The predicted molar refractivity (Wildman–Crippen MR) is 232 cm³/mol. The summed E-state index contributed by atoms with van der Waals surface area (Å²) in [5.41, 5.74) is -1.45. The normalized spacial score (nSPS) is 24.8. The van der Waals surface area contributed by atoms with Gasteiger partial charge in [0.05, 0.1) is 27.4 Å². The van der Waals surface area contributed by atoms with Crippen LogP contribution in [0.3, 0.4) is 0 Å². The molecule has 3 atom stereocenters. The highest BCUT2D eigenvalue weighted by Crippen LogP contribution is 2.42. The number of Topliss-reactive ketones (excluding diaryl/α,β-unsaturated/α-hetero) is 2. The van der Waals surface area contributed by atoms with Crippen LogP contribution in [-0.4, -0.2) is 119 Å². The first-order chi connectivity index (χ1) is 30.4. The molecule has 2 N–H and O–H groups in total. The van der Waals surface area contributed by atoms with Crippen LogP contribution in [0.1, 0.15) is 120 Å². The van der Waals surface area contributed by atoms with Gasteiger partial charge in [-0.2, -0.15) is 0 Å². The molecule has 6 rings (SSSR count). The van der Waals surface area contributed by atoms with E-state index in [1.807, 2.05) is 48.5 Å². The number of amides is 2. The fourth-order valence-electron chi connectivity index (χ4n) is 9.98. The zero-order valence-electron chi connectivity index (χ0n) is 37.1. The van der Waals surface area contributed by atoms with Crippen molar-refractivity contribution in [2.75, 3.05) is 40.5 Å². The Hall–Kier alpha value is -4.82. The fraction of sp³-hybridized carbons (Fsp3) is 0.633. The highest BCUT2D eigenvalue weighted by molar-refractivity contribution is 6.40. The number of ketones is 2. The first kappa shape index (κ1) is 47.7. The van der Waals surface area contributed by atoms with Crippen molar-refractivity contribution in [1.82, 2.24) is 9.80 Å². The van der Waals surface area contributed by atoms with E-state index >= 15 is 0 Å². The number of rotatable bonds is 18. The standard InChI is InChI=1S/C49H66N2O12/c1-60-38-18-14-34(15-19-38)11-5-9-31-62-47(57)41-33-37(24-30-51(41)45(55)42(52)48(58)25-6-3-7-26-48)36-22-27-49(59,28-23-36)43(53)44(54)50-29-8-4-13-40(50)46(56)63-32-10-12-35-16-20-39(61-2)21-17-35/h14-21,36-37,40-41,58-59H,3-13,22-33H2,1-2H3. The molecule has 0 bridgehead atoms. The Balaban J connectivity index is 1.03. The predicted octanol–water partition coefficient (Wildman–Crippen LogP) is 5.49. The van der Waals surface area contributed by atoms with Crippen molar-refractivity contribution < 1.29 is 57.9 Å². The van der Waals surface area contributed by atoms with Crippen LogP contribution >= 0.6 is 0 Å². The molecule has 0 spiro atoms. The number of likely N-dealkylation sites (tertiary alicyclic amines) is 2. The van der Waals surface area contributed by atoms with E-state index < -0.39 is 58.6 Å². The first-order valence-electron chi connectivity index (χ1n) is 23.1. The van der Waals surface area contributed by atoms with E-state index in [9.17, 15) is 39.0 Å². The van der Waals surface area contributed by atoms with Gasteiger partial charge in [-0.3, -0.25) is 19.2 Å². The minimum Gasteiger partial charge on any atom is -0.497 e. The minimum atomic E-state index is -1.90. The Morgan fingerprint density at radius 1 is 0.556 bits per heavy atom. The van der Waals surface area contributed by atoms with Gasteiger partial charge >= 0.3 is 11.9 Å². The van der Waals surface area contributed by atoms with Gasteiger partial charge in [-0.15, -0.1) is 0 Å². The molecule has 2 aliphatic heterocycles. The summed E-state index contributed by atoms with van der Waals surface area (Å²) in [6, 6.07) is 13.5. The average Bonchev–Trinajstić information content (AvgIpc) is 3.32. The van der Waals surface area contributed by atoms with E-state index in [1.165, 1.54) is 9.80 Å². The van der Waals surface area contributed by atoms with Gasteiger partial charge in [-0.25, -0.2) is 9.59 Å². The molecule has 2 amide bonds. The summed E-state index contributed by atoms with van der Waals surface area (Å²) in [4.78, 5) is 84.5. The molecule has 0 aromatic heterocycles. The zero-order valence-corrected chi connectivity index (χ0v) is 37.1. The lowest BCUT2D eigenvalue weighted by atomic mass is 9.68.